The van der Waals surface area contributed by atoms with Crippen molar-refractivity contribution in [1.29, 1.82) is 0 Å². The summed E-state index contributed by atoms with van der Waals surface area (Å²) in [6.07, 6.45) is 6.56. The van der Waals surface area contributed by atoms with E-state index in [4.69, 9.17) is 4.74 Å². The molecule has 0 spiro atoms. The van der Waals surface area contributed by atoms with Crippen molar-refractivity contribution in [2.45, 2.75) is 13.8 Å². The average molecular weight is 324 g/mol. The number of sulfonamides is 1. The molecule has 120 valence electrons. The van der Waals surface area contributed by atoms with Gasteiger partial charge in [0.05, 0.1) is 18.6 Å². The zero-order chi connectivity index (χ0) is 16.6. The Morgan fingerprint density at radius 3 is 2.64 bits per heavy atom. The molecule has 0 atom stereocenters. The molecular formula is C15H20N2O4S. The van der Waals surface area contributed by atoms with Crippen LogP contribution in [0.5, 0.6) is 5.75 Å². The topological polar surface area (TPSA) is 84.5 Å². The van der Waals surface area contributed by atoms with Gasteiger partial charge in [0.25, 0.3) is 0 Å². The van der Waals surface area contributed by atoms with Crippen LogP contribution in [0.4, 0.5) is 11.4 Å². The highest BCUT2D eigenvalue weighted by Gasteiger charge is 2.12. The van der Waals surface area contributed by atoms with Crippen molar-refractivity contribution in [1.82, 2.24) is 0 Å². The molecule has 1 aromatic rings. The van der Waals surface area contributed by atoms with Gasteiger partial charge in [0, 0.05) is 17.8 Å². The van der Waals surface area contributed by atoms with Gasteiger partial charge < -0.3 is 10.1 Å². The van der Waals surface area contributed by atoms with E-state index >= 15 is 0 Å². The van der Waals surface area contributed by atoms with Crippen molar-refractivity contribution in [3.8, 4) is 5.75 Å². The highest BCUT2D eigenvalue weighted by molar-refractivity contribution is 7.92. The predicted molar refractivity (Wildman–Crippen MR) is 88.7 cm³/mol. The van der Waals surface area contributed by atoms with Gasteiger partial charge in [-0.1, -0.05) is 18.2 Å². The minimum atomic E-state index is -3.39. The number of carbonyl (C=O) groups is 1. The third-order valence-corrected chi connectivity index (χ3v) is 3.96. The lowest BCUT2D eigenvalue weighted by molar-refractivity contribution is -0.111. The van der Waals surface area contributed by atoms with Crippen LogP contribution >= 0.6 is 0 Å². The van der Waals surface area contributed by atoms with Crippen molar-refractivity contribution >= 4 is 27.3 Å². The fourth-order valence-corrected chi connectivity index (χ4v) is 2.18. The van der Waals surface area contributed by atoms with Crippen LogP contribution in [-0.2, 0) is 14.8 Å². The first-order valence-corrected chi connectivity index (χ1v) is 8.36. The molecule has 6 nitrogen and oxygen atoms in total. The molecule has 0 radical (unpaired) electrons. The van der Waals surface area contributed by atoms with E-state index in [1.807, 2.05) is 6.92 Å². The lowest BCUT2D eigenvalue weighted by Gasteiger charge is -2.12. The number of hydrogen-bond acceptors (Lipinski definition) is 4. The monoisotopic (exact) mass is 324 g/mol. The summed E-state index contributed by atoms with van der Waals surface area (Å²) in [7, 11) is -1.96. The van der Waals surface area contributed by atoms with Crippen molar-refractivity contribution in [3.63, 3.8) is 0 Å². The molecule has 7 heteroatoms. The zero-order valence-electron chi connectivity index (χ0n) is 12.8. The summed E-state index contributed by atoms with van der Waals surface area (Å²) >= 11 is 0. The van der Waals surface area contributed by atoms with Gasteiger partial charge in [-0.25, -0.2) is 8.42 Å². The number of rotatable bonds is 7. The van der Waals surface area contributed by atoms with Gasteiger partial charge in [-0.2, -0.15) is 0 Å². The predicted octanol–water partition coefficient (Wildman–Crippen LogP) is 2.53. The van der Waals surface area contributed by atoms with Crippen LogP contribution < -0.4 is 14.8 Å². The van der Waals surface area contributed by atoms with E-state index in [0.29, 0.717) is 17.1 Å². The summed E-state index contributed by atoms with van der Waals surface area (Å²) in [5.41, 5.74) is 0.832. The van der Waals surface area contributed by atoms with Crippen LogP contribution in [0.1, 0.15) is 13.8 Å². The number of amides is 1. The fourth-order valence-electron chi connectivity index (χ4n) is 1.53. The van der Waals surface area contributed by atoms with Crippen LogP contribution in [-0.4, -0.2) is 27.2 Å². The van der Waals surface area contributed by atoms with Crippen LogP contribution in [0.15, 0.2) is 42.5 Å². The van der Waals surface area contributed by atoms with Crippen molar-refractivity contribution in [2.24, 2.45) is 0 Å². The van der Waals surface area contributed by atoms with Gasteiger partial charge in [-0.15, -0.1) is 0 Å². The molecule has 1 amide bonds. The van der Waals surface area contributed by atoms with E-state index in [2.05, 4.69) is 10.0 Å². The number of methoxy groups -OCH3 is 1. The van der Waals surface area contributed by atoms with E-state index in [9.17, 15) is 13.2 Å². The first kappa shape index (κ1) is 17.8. The van der Waals surface area contributed by atoms with Crippen molar-refractivity contribution in [3.05, 3.63) is 42.5 Å². The largest absolute Gasteiger partial charge is 0.494 e. The maximum Gasteiger partial charge on any atom is 0.248 e. The summed E-state index contributed by atoms with van der Waals surface area (Å²) in [6.45, 7) is 3.39. The molecule has 0 aromatic heterocycles. The maximum atomic E-state index is 11.7. The Bertz CT molecular complexity index is 679. The Labute approximate surface area is 130 Å². The fraction of sp³-hybridized carbons (Fsp3) is 0.267. The van der Waals surface area contributed by atoms with E-state index in [0.717, 1.165) is 0 Å². The summed E-state index contributed by atoms with van der Waals surface area (Å²) in [5, 5.41) is 2.66. The molecule has 0 heterocycles. The van der Waals surface area contributed by atoms with E-state index in [1.165, 1.54) is 19.3 Å². The molecule has 0 aliphatic heterocycles. The van der Waals surface area contributed by atoms with Crippen LogP contribution in [0.2, 0.25) is 0 Å². The Hall–Kier alpha value is -2.28. The number of allylic oxidation sites excluding steroid dienone is 3. The minimum Gasteiger partial charge on any atom is -0.494 e. The molecule has 1 aromatic carbocycles. The minimum absolute atomic E-state index is 0.0373. The van der Waals surface area contributed by atoms with Crippen LogP contribution in [0, 0.1) is 0 Å². The molecule has 0 saturated carbocycles. The number of nitrogens with one attached hydrogen (secondary N) is 2. The van der Waals surface area contributed by atoms with Crippen LogP contribution in [0.25, 0.3) is 0 Å². The molecule has 0 saturated heterocycles. The Morgan fingerprint density at radius 1 is 1.32 bits per heavy atom. The first-order valence-electron chi connectivity index (χ1n) is 6.70. The van der Waals surface area contributed by atoms with Gasteiger partial charge in [-0.05, 0) is 26.0 Å². The first-order chi connectivity index (χ1) is 10.4. The van der Waals surface area contributed by atoms with Gasteiger partial charge in [-0.3, -0.25) is 9.52 Å². The molecule has 0 aliphatic rings. The van der Waals surface area contributed by atoms with Gasteiger partial charge in [0.2, 0.25) is 15.9 Å². The summed E-state index contributed by atoms with van der Waals surface area (Å²) in [5.74, 6) is -0.000929. The van der Waals surface area contributed by atoms with E-state index < -0.39 is 10.0 Å². The Morgan fingerprint density at radius 2 is 2.05 bits per heavy atom. The SMILES string of the molecule is C/C=C/C=C/C(=O)Nc1ccc(NS(=O)(=O)CC)c(OC)c1. The second-order valence-corrected chi connectivity index (χ2v) is 6.31. The summed E-state index contributed by atoms with van der Waals surface area (Å²) in [6, 6.07) is 4.68. The van der Waals surface area contributed by atoms with Gasteiger partial charge in [0.1, 0.15) is 5.75 Å². The molecule has 2 N–H and O–H groups in total. The number of ether oxygens (including phenoxy) is 1. The smallest absolute Gasteiger partial charge is 0.248 e. The number of carbonyl (C=O) groups excluding carboxylic acids is 1. The van der Waals surface area contributed by atoms with Crippen molar-refractivity contribution in [2.75, 3.05) is 22.9 Å². The van der Waals surface area contributed by atoms with Gasteiger partial charge >= 0.3 is 0 Å². The molecule has 0 bridgehead atoms. The van der Waals surface area contributed by atoms with Crippen molar-refractivity contribution < 1.29 is 17.9 Å². The summed E-state index contributed by atoms with van der Waals surface area (Å²) < 4.78 is 30.8. The van der Waals surface area contributed by atoms with E-state index in [-0.39, 0.29) is 11.7 Å². The molecule has 0 unspecified atom stereocenters. The highest BCUT2D eigenvalue weighted by Crippen LogP contribution is 2.28. The lowest BCUT2D eigenvalue weighted by Crippen LogP contribution is -2.15. The summed E-state index contributed by atoms with van der Waals surface area (Å²) in [4.78, 5) is 11.7. The van der Waals surface area contributed by atoms with Crippen LogP contribution in [0.3, 0.4) is 0 Å². The molecule has 0 aliphatic carbocycles. The zero-order valence-corrected chi connectivity index (χ0v) is 13.6. The van der Waals surface area contributed by atoms with E-state index in [1.54, 1.807) is 37.3 Å². The second-order valence-electron chi connectivity index (χ2n) is 4.29. The third kappa shape index (κ3) is 5.61. The molecule has 22 heavy (non-hydrogen) atoms. The average Bonchev–Trinajstić information content (AvgIpc) is 2.49. The number of hydrogen-bond donors (Lipinski definition) is 2. The Balaban J connectivity index is 2.91. The molecule has 1 rings (SSSR count). The third-order valence-electron chi connectivity index (χ3n) is 2.67. The molecular weight excluding hydrogens is 304 g/mol. The second kappa shape index (κ2) is 8.23. The standard InChI is InChI=1S/C15H20N2O4S/c1-4-6-7-8-15(18)16-12-9-10-13(14(11-12)21-3)17-22(19,20)5-2/h4,6-11,17H,5H2,1-3H3,(H,16,18)/b6-4+,8-7+. The lowest BCUT2D eigenvalue weighted by atomic mass is 10.2. The van der Waals surface area contributed by atoms with Gasteiger partial charge in [0.15, 0.2) is 0 Å². The number of benzene rings is 1. The molecule has 0 fully saturated rings. The number of anilines is 2. The highest BCUT2D eigenvalue weighted by atomic mass is 32.2. The normalized spacial score (nSPS) is 11.8. The Kier molecular flexibility index (Phi) is 6.65. The quantitative estimate of drug-likeness (QED) is 0.596. The maximum absolute atomic E-state index is 11.7.